The lowest BCUT2D eigenvalue weighted by Gasteiger charge is -2.09. The van der Waals surface area contributed by atoms with Crippen molar-refractivity contribution in [1.29, 1.82) is 0 Å². The monoisotopic (exact) mass is 394 g/mol. The molecule has 0 aliphatic carbocycles. The van der Waals surface area contributed by atoms with E-state index in [4.69, 9.17) is 27.9 Å². The molecule has 8 heteroatoms. The van der Waals surface area contributed by atoms with Gasteiger partial charge in [-0.05, 0) is 49.4 Å². The molecule has 0 saturated carbocycles. The summed E-state index contributed by atoms with van der Waals surface area (Å²) in [5.74, 6) is -0.617. The van der Waals surface area contributed by atoms with E-state index in [0.29, 0.717) is 22.0 Å². The van der Waals surface area contributed by atoms with Crippen molar-refractivity contribution in [1.82, 2.24) is 5.32 Å². The molecular formula is C18H16Cl2N2O4. The molecule has 6 nitrogen and oxygen atoms in total. The number of amides is 2. The van der Waals surface area contributed by atoms with Crippen LogP contribution in [-0.4, -0.2) is 30.7 Å². The first-order valence-corrected chi connectivity index (χ1v) is 8.36. The summed E-state index contributed by atoms with van der Waals surface area (Å²) in [5.41, 5.74) is 1.08. The van der Waals surface area contributed by atoms with Crippen LogP contribution in [0.15, 0.2) is 42.5 Å². The number of benzene rings is 2. The maximum atomic E-state index is 11.8. The Balaban J connectivity index is 1.76. The number of halogens is 2. The van der Waals surface area contributed by atoms with Crippen LogP contribution in [-0.2, 0) is 9.59 Å². The number of anilines is 1. The number of hydrogen-bond donors (Lipinski definition) is 2. The summed E-state index contributed by atoms with van der Waals surface area (Å²) in [6.45, 7) is 0.954. The Morgan fingerprint density at radius 2 is 1.69 bits per heavy atom. The highest BCUT2D eigenvalue weighted by Gasteiger charge is 2.09. The molecule has 136 valence electrons. The molecule has 0 spiro atoms. The number of carbonyl (C=O) groups is 3. The average Bonchev–Trinajstić information content (AvgIpc) is 2.59. The number of rotatable bonds is 7. The van der Waals surface area contributed by atoms with Gasteiger partial charge in [0.1, 0.15) is 5.75 Å². The van der Waals surface area contributed by atoms with Gasteiger partial charge in [-0.1, -0.05) is 23.2 Å². The maximum Gasteiger partial charge on any atom is 0.258 e. The van der Waals surface area contributed by atoms with Crippen LogP contribution in [0.5, 0.6) is 5.75 Å². The van der Waals surface area contributed by atoms with Crippen LogP contribution in [0.25, 0.3) is 0 Å². The molecule has 2 aromatic rings. The summed E-state index contributed by atoms with van der Waals surface area (Å²) >= 11 is 11.7. The van der Waals surface area contributed by atoms with Crippen molar-refractivity contribution in [3.8, 4) is 5.75 Å². The molecule has 2 aromatic carbocycles. The van der Waals surface area contributed by atoms with Crippen LogP contribution >= 0.6 is 23.2 Å². The van der Waals surface area contributed by atoms with Gasteiger partial charge in [0.15, 0.2) is 12.4 Å². The third-order valence-electron chi connectivity index (χ3n) is 3.27. The lowest BCUT2D eigenvalue weighted by Crippen LogP contribution is -2.35. The number of Topliss-reactive ketones (excluding diaryl/α,β-unsaturated/α-hetero) is 1. The fraction of sp³-hybridized carbons (Fsp3) is 0.167. The van der Waals surface area contributed by atoms with E-state index in [9.17, 15) is 14.4 Å². The van der Waals surface area contributed by atoms with Gasteiger partial charge in [-0.15, -0.1) is 0 Å². The van der Waals surface area contributed by atoms with Crippen molar-refractivity contribution in [3.05, 3.63) is 58.1 Å². The predicted octanol–water partition coefficient (Wildman–Crippen LogP) is 3.33. The summed E-state index contributed by atoms with van der Waals surface area (Å²) in [6.07, 6.45) is 0. The van der Waals surface area contributed by atoms with Crippen molar-refractivity contribution >= 4 is 46.5 Å². The fourth-order valence-corrected chi connectivity index (χ4v) is 2.42. The van der Waals surface area contributed by atoms with E-state index in [1.807, 2.05) is 0 Å². The molecule has 0 aromatic heterocycles. The zero-order valence-electron chi connectivity index (χ0n) is 13.8. The topological polar surface area (TPSA) is 84.5 Å². The molecule has 0 fully saturated rings. The minimum absolute atomic E-state index is 0.0593. The third kappa shape index (κ3) is 6.06. The minimum atomic E-state index is -0.474. The molecule has 0 unspecified atom stereocenters. The smallest absolute Gasteiger partial charge is 0.258 e. The molecule has 0 atom stereocenters. The van der Waals surface area contributed by atoms with E-state index in [-0.39, 0.29) is 24.0 Å². The standard InChI is InChI=1S/C18H16Cl2N2O4/c1-11(23)12-2-5-14(6-3-12)22-17(24)9-21-18(25)10-26-16-7-4-13(19)8-15(16)20/h2-8H,9-10H2,1H3,(H,21,25)(H,22,24). The molecule has 2 amide bonds. The summed E-state index contributed by atoms with van der Waals surface area (Å²) in [4.78, 5) is 34.8. The fourth-order valence-electron chi connectivity index (χ4n) is 1.96. The van der Waals surface area contributed by atoms with Crippen molar-refractivity contribution in [2.45, 2.75) is 6.92 Å². The van der Waals surface area contributed by atoms with E-state index in [2.05, 4.69) is 10.6 Å². The first-order valence-electron chi connectivity index (χ1n) is 7.60. The van der Waals surface area contributed by atoms with Gasteiger partial charge in [0.25, 0.3) is 5.91 Å². The molecule has 0 saturated heterocycles. The van der Waals surface area contributed by atoms with Gasteiger partial charge in [-0.3, -0.25) is 14.4 Å². The zero-order valence-corrected chi connectivity index (χ0v) is 15.4. The van der Waals surface area contributed by atoms with Crippen LogP contribution in [0, 0.1) is 0 Å². The van der Waals surface area contributed by atoms with Gasteiger partial charge in [0, 0.05) is 16.3 Å². The summed E-state index contributed by atoms with van der Waals surface area (Å²) in [7, 11) is 0. The van der Waals surface area contributed by atoms with E-state index in [1.165, 1.54) is 13.0 Å². The number of ketones is 1. The molecular weight excluding hydrogens is 379 g/mol. The first-order chi connectivity index (χ1) is 12.3. The lowest BCUT2D eigenvalue weighted by molar-refractivity contribution is -0.125. The molecule has 2 N–H and O–H groups in total. The number of hydrogen-bond acceptors (Lipinski definition) is 4. The summed E-state index contributed by atoms with van der Waals surface area (Å²) in [6, 6.07) is 11.1. The molecule has 0 bridgehead atoms. The molecule has 0 aliphatic rings. The summed E-state index contributed by atoms with van der Waals surface area (Å²) in [5, 5.41) is 5.79. The quantitative estimate of drug-likeness (QED) is 0.705. The van der Waals surface area contributed by atoms with Gasteiger partial charge in [-0.25, -0.2) is 0 Å². The van der Waals surface area contributed by atoms with Gasteiger partial charge < -0.3 is 15.4 Å². The van der Waals surface area contributed by atoms with Crippen molar-refractivity contribution in [3.63, 3.8) is 0 Å². The van der Waals surface area contributed by atoms with Crippen LogP contribution in [0.1, 0.15) is 17.3 Å². The third-order valence-corrected chi connectivity index (χ3v) is 3.80. The van der Waals surface area contributed by atoms with E-state index < -0.39 is 11.8 Å². The second kappa shape index (κ2) is 9.22. The normalized spacial score (nSPS) is 10.1. The second-order valence-corrected chi connectivity index (χ2v) is 6.17. The van der Waals surface area contributed by atoms with Gasteiger partial charge in [-0.2, -0.15) is 0 Å². The SMILES string of the molecule is CC(=O)c1ccc(NC(=O)CNC(=O)COc2ccc(Cl)cc2Cl)cc1. The molecule has 0 radical (unpaired) electrons. The number of carbonyl (C=O) groups excluding carboxylic acids is 3. The van der Waals surface area contributed by atoms with Crippen LogP contribution in [0.2, 0.25) is 10.0 Å². The average molecular weight is 395 g/mol. The Morgan fingerprint density at radius 1 is 1.00 bits per heavy atom. The highest BCUT2D eigenvalue weighted by atomic mass is 35.5. The van der Waals surface area contributed by atoms with E-state index >= 15 is 0 Å². The zero-order chi connectivity index (χ0) is 19.1. The molecule has 26 heavy (non-hydrogen) atoms. The first kappa shape index (κ1) is 19.8. The largest absolute Gasteiger partial charge is 0.482 e. The highest BCUT2D eigenvalue weighted by Crippen LogP contribution is 2.27. The Kier molecular flexibility index (Phi) is 7.00. The highest BCUT2D eigenvalue weighted by molar-refractivity contribution is 6.35. The molecule has 0 aliphatic heterocycles. The van der Waals surface area contributed by atoms with Gasteiger partial charge in [0.05, 0.1) is 11.6 Å². The molecule has 0 heterocycles. The predicted molar refractivity (Wildman–Crippen MR) is 100 cm³/mol. The number of ether oxygens (including phenoxy) is 1. The van der Waals surface area contributed by atoms with E-state index in [1.54, 1.807) is 36.4 Å². The summed E-state index contributed by atoms with van der Waals surface area (Å²) < 4.78 is 5.27. The van der Waals surface area contributed by atoms with E-state index in [0.717, 1.165) is 0 Å². The lowest BCUT2D eigenvalue weighted by atomic mass is 10.1. The van der Waals surface area contributed by atoms with Crippen LogP contribution in [0.4, 0.5) is 5.69 Å². The number of nitrogens with one attached hydrogen (secondary N) is 2. The van der Waals surface area contributed by atoms with Crippen LogP contribution in [0.3, 0.4) is 0 Å². The Labute approximate surface area is 160 Å². The van der Waals surface area contributed by atoms with Crippen molar-refractivity contribution in [2.24, 2.45) is 0 Å². The van der Waals surface area contributed by atoms with Crippen molar-refractivity contribution in [2.75, 3.05) is 18.5 Å². The second-order valence-electron chi connectivity index (χ2n) is 5.32. The Morgan fingerprint density at radius 3 is 2.31 bits per heavy atom. The molecule has 2 rings (SSSR count). The Hall–Kier alpha value is -2.57. The van der Waals surface area contributed by atoms with Gasteiger partial charge >= 0.3 is 0 Å². The maximum absolute atomic E-state index is 11.8. The van der Waals surface area contributed by atoms with Crippen LogP contribution < -0.4 is 15.4 Å². The van der Waals surface area contributed by atoms with Gasteiger partial charge in [0.2, 0.25) is 5.91 Å². The Bertz CT molecular complexity index is 822. The van der Waals surface area contributed by atoms with Crippen molar-refractivity contribution < 1.29 is 19.1 Å². The minimum Gasteiger partial charge on any atom is -0.482 e.